The van der Waals surface area contributed by atoms with Crippen molar-refractivity contribution < 1.29 is 5.11 Å². The second-order valence-electron chi connectivity index (χ2n) is 6.72. The molecule has 1 N–H and O–H groups in total. The zero-order valence-electron chi connectivity index (χ0n) is 14.7. The predicted molar refractivity (Wildman–Crippen MR) is 98.6 cm³/mol. The standard InChI is InChI=1S/C19H18N6O/c1-19(2,3)13-8-9-16(26)14(11-13)23-24-18-15(20-4)12-22-25(18)17-7-5-6-10-21-17/h5-12,26H,1-3H3. The number of pyridine rings is 1. The van der Waals surface area contributed by atoms with Gasteiger partial charge in [0.05, 0.1) is 12.8 Å². The molecule has 2 heterocycles. The fraction of sp³-hybridized carbons (Fsp3) is 0.211. The first-order chi connectivity index (χ1) is 12.4. The lowest BCUT2D eigenvalue weighted by Gasteiger charge is -2.19. The number of phenolic OH excluding ortho intramolecular Hbond substituents is 1. The van der Waals surface area contributed by atoms with Crippen LogP contribution < -0.4 is 0 Å². The van der Waals surface area contributed by atoms with Gasteiger partial charge in [0, 0.05) is 6.20 Å². The van der Waals surface area contributed by atoms with Crippen molar-refractivity contribution in [2.75, 3.05) is 0 Å². The Balaban J connectivity index is 2.05. The van der Waals surface area contributed by atoms with Gasteiger partial charge in [-0.05, 0) is 35.2 Å². The average Bonchev–Trinajstić information content (AvgIpc) is 3.03. The Bertz CT molecular complexity index is 993. The van der Waals surface area contributed by atoms with Gasteiger partial charge < -0.3 is 5.11 Å². The Labute approximate surface area is 151 Å². The van der Waals surface area contributed by atoms with Gasteiger partial charge in [0.1, 0.15) is 11.4 Å². The van der Waals surface area contributed by atoms with E-state index in [4.69, 9.17) is 6.57 Å². The molecule has 7 nitrogen and oxygen atoms in total. The van der Waals surface area contributed by atoms with Crippen molar-refractivity contribution >= 4 is 17.2 Å². The summed E-state index contributed by atoms with van der Waals surface area (Å²) in [5, 5.41) is 22.6. The molecular weight excluding hydrogens is 328 g/mol. The maximum atomic E-state index is 10.1. The largest absolute Gasteiger partial charge is 0.506 e. The number of rotatable bonds is 3. The third-order valence-corrected chi connectivity index (χ3v) is 3.81. The summed E-state index contributed by atoms with van der Waals surface area (Å²) in [5.74, 6) is 0.818. The summed E-state index contributed by atoms with van der Waals surface area (Å²) in [4.78, 5) is 7.65. The Hall–Kier alpha value is -3.53. The molecule has 1 aromatic carbocycles. The predicted octanol–water partition coefficient (Wildman–Crippen LogP) is 5.24. The van der Waals surface area contributed by atoms with E-state index in [-0.39, 0.29) is 22.7 Å². The molecule has 0 aliphatic carbocycles. The summed E-state index contributed by atoms with van der Waals surface area (Å²) in [5.41, 5.74) is 1.52. The highest BCUT2D eigenvalue weighted by Gasteiger charge is 2.16. The van der Waals surface area contributed by atoms with E-state index in [1.807, 2.05) is 12.1 Å². The lowest BCUT2D eigenvalue weighted by molar-refractivity contribution is 0.475. The van der Waals surface area contributed by atoms with Crippen molar-refractivity contribution in [3.05, 3.63) is 65.8 Å². The van der Waals surface area contributed by atoms with Crippen molar-refractivity contribution in [2.45, 2.75) is 26.2 Å². The maximum Gasteiger partial charge on any atom is 0.252 e. The van der Waals surface area contributed by atoms with E-state index in [0.29, 0.717) is 11.5 Å². The molecule has 3 rings (SSSR count). The normalized spacial score (nSPS) is 11.6. The molecule has 0 amide bonds. The maximum absolute atomic E-state index is 10.1. The number of phenols is 1. The van der Waals surface area contributed by atoms with E-state index in [1.165, 1.54) is 10.9 Å². The summed E-state index contributed by atoms with van der Waals surface area (Å²) >= 11 is 0. The molecule has 7 heteroatoms. The molecule has 3 aromatic rings. The fourth-order valence-corrected chi connectivity index (χ4v) is 2.32. The van der Waals surface area contributed by atoms with E-state index in [2.05, 4.69) is 45.9 Å². The zero-order chi connectivity index (χ0) is 18.7. The van der Waals surface area contributed by atoms with E-state index >= 15 is 0 Å². The average molecular weight is 346 g/mol. The summed E-state index contributed by atoms with van der Waals surface area (Å²) in [6.07, 6.45) is 3.05. The SMILES string of the molecule is [C-]#[N+]c1cnn(-c2ccccn2)c1N=Nc1cc(C(C)(C)C)ccc1O. The fourth-order valence-electron chi connectivity index (χ4n) is 2.32. The van der Waals surface area contributed by atoms with Crippen LogP contribution in [-0.4, -0.2) is 19.9 Å². The van der Waals surface area contributed by atoms with Gasteiger partial charge in [-0.15, -0.1) is 10.2 Å². The minimum absolute atomic E-state index is 0.0232. The van der Waals surface area contributed by atoms with Gasteiger partial charge in [-0.1, -0.05) is 32.9 Å². The second kappa shape index (κ2) is 6.76. The van der Waals surface area contributed by atoms with E-state index in [0.717, 1.165) is 5.56 Å². The number of azo groups is 1. The molecule has 0 saturated carbocycles. The van der Waals surface area contributed by atoms with Crippen molar-refractivity contribution in [1.82, 2.24) is 14.8 Å². The molecule has 0 bridgehead atoms. The van der Waals surface area contributed by atoms with Gasteiger partial charge in [0.25, 0.3) is 5.69 Å². The molecule has 26 heavy (non-hydrogen) atoms. The Morgan fingerprint density at radius 2 is 1.96 bits per heavy atom. The molecule has 0 spiro atoms. The molecule has 0 saturated heterocycles. The molecule has 0 aliphatic heterocycles. The number of benzene rings is 1. The van der Waals surface area contributed by atoms with Crippen LogP contribution in [0.3, 0.4) is 0 Å². The highest BCUT2D eigenvalue weighted by atomic mass is 16.3. The summed E-state index contributed by atoms with van der Waals surface area (Å²) < 4.78 is 1.45. The van der Waals surface area contributed by atoms with Crippen LogP contribution in [0.15, 0.2) is 59.0 Å². The van der Waals surface area contributed by atoms with Gasteiger partial charge in [-0.25, -0.2) is 14.5 Å². The van der Waals surface area contributed by atoms with E-state index in [9.17, 15) is 5.11 Å². The van der Waals surface area contributed by atoms with Crippen LogP contribution in [0.2, 0.25) is 0 Å². The van der Waals surface area contributed by atoms with Crippen LogP contribution in [0.25, 0.3) is 10.7 Å². The van der Waals surface area contributed by atoms with Gasteiger partial charge in [0.15, 0.2) is 11.6 Å². The van der Waals surface area contributed by atoms with Crippen LogP contribution in [0, 0.1) is 6.57 Å². The van der Waals surface area contributed by atoms with Gasteiger partial charge >= 0.3 is 0 Å². The summed E-state index contributed by atoms with van der Waals surface area (Å²) in [6.45, 7) is 13.5. The molecule has 0 unspecified atom stereocenters. The molecule has 0 radical (unpaired) electrons. The summed E-state index contributed by atoms with van der Waals surface area (Å²) in [7, 11) is 0. The molecule has 0 atom stereocenters. The van der Waals surface area contributed by atoms with Gasteiger partial charge in [-0.3, -0.25) is 0 Å². The Kier molecular flexibility index (Phi) is 4.50. The first kappa shape index (κ1) is 17.3. The van der Waals surface area contributed by atoms with E-state index < -0.39 is 0 Å². The number of aromatic hydroxyl groups is 1. The number of aromatic nitrogens is 3. The zero-order valence-corrected chi connectivity index (χ0v) is 14.7. The number of nitrogens with zero attached hydrogens (tertiary/aromatic N) is 6. The first-order valence-electron chi connectivity index (χ1n) is 8.02. The van der Waals surface area contributed by atoms with Crippen LogP contribution in [0.4, 0.5) is 17.2 Å². The third-order valence-electron chi connectivity index (χ3n) is 3.81. The Morgan fingerprint density at radius 1 is 1.15 bits per heavy atom. The summed E-state index contributed by atoms with van der Waals surface area (Å²) in [6, 6.07) is 10.6. The van der Waals surface area contributed by atoms with Crippen molar-refractivity contribution in [2.24, 2.45) is 10.2 Å². The molecule has 2 aromatic heterocycles. The smallest absolute Gasteiger partial charge is 0.252 e. The monoisotopic (exact) mass is 346 g/mol. The number of hydrogen-bond acceptors (Lipinski definition) is 5. The van der Waals surface area contributed by atoms with Gasteiger partial charge in [-0.2, -0.15) is 5.10 Å². The molecule has 0 aliphatic rings. The lowest BCUT2D eigenvalue weighted by Crippen LogP contribution is -2.10. The lowest BCUT2D eigenvalue weighted by atomic mass is 9.87. The Morgan fingerprint density at radius 3 is 2.62 bits per heavy atom. The number of hydrogen-bond donors (Lipinski definition) is 1. The van der Waals surface area contributed by atoms with Crippen molar-refractivity contribution in [3.8, 4) is 11.6 Å². The first-order valence-corrected chi connectivity index (χ1v) is 8.02. The topological polar surface area (TPSA) is 80.0 Å². The van der Waals surface area contributed by atoms with Crippen molar-refractivity contribution in [3.63, 3.8) is 0 Å². The minimum atomic E-state index is -0.0879. The molecule has 130 valence electrons. The van der Waals surface area contributed by atoms with Gasteiger partial charge in [0.2, 0.25) is 0 Å². The van der Waals surface area contributed by atoms with Crippen molar-refractivity contribution in [1.29, 1.82) is 0 Å². The van der Waals surface area contributed by atoms with E-state index in [1.54, 1.807) is 30.5 Å². The quantitative estimate of drug-likeness (QED) is 0.520. The minimum Gasteiger partial charge on any atom is -0.506 e. The van der Waals surface area contributed by atoms with Crippen LogP contribution in [0.5, 0.6) is 5.75 Å². The van der Waals surface area contributed by atoms with Crippen LogP contribution in [-0.2, 0) is 5.41 Å². The molecular formula is C19H18N6O. The third kappa shape index (κ3) is 3.44. The van der Waals surface area contributed by atoms with Crippen LogP contribution >= 0.6 is 0 Å². The highest BCUT2D eigenvalue weighted by molar-refractivity contribution is 5.64. The highest BCUT2D eigenvalue weighted by Crippen LogP contribution is 2.36. The molecule has 0 fully saturated rings. The second-order valence-corrected chi connectivity index (χ2v) is 6.72. The van der Waals surface area contributed by atoms with Crippen LogP contribution in [0.1, 0.15) is 26.3 Å².